The highest BCUT2D eigenvalue weighted by molar-refractivity contribution is 7.12. The van der Waals surface area contributed by atoms with Crippen molar-refractivity contribution in [1.29, 1.82) is 0 Å². The maximum Gasteiger partial charge on any atom is 0.426 e. The van der Waals surface area contributed by atoms with Crippen molar-refractivity contribution in [3.8, 4) is 16.9 Å². The average molecular weight is 536 g/mol. The fourth-order valence-electron chi connectivity index (χ4n) is 3.87. The summed E-state index contributed by atoms with van der Waals surface area (Å²) >= 11 is 0.675. The third-order valence-corrected chi connectivity index (χ3v) is 7.04. The highest BCUT2D eigenvalue weighted by atomic mass is 32.1. The second-order valence-electron chi connectivity index (χ2n) is 8.53. The third-order valence-electron chi connectivity index (χ3n) is 5.89. The van der Waals surface area contributed by atoms with Gasteiger partial charge < -0.3 is 20.3 Å². The lowest BCUT2D eigenvalue weighted by Gasteiger charge is -2.19. The monoisotopic (exact) mass is 535 g/mol. The molecule has 0 fully saturated rings. The first-order valence-corrected chi connectivity index (χ1v) is 12.6. The van der Waals surface area contributed by atoms with Gasteiger partial charge in [0.15, 0.2) is 5.92 Å². The van der Waals surface area contributed by atoms with Crippen LogP contribution in [0.25, 0.3) is 11.1 Å². The Balaban J connectivity index is 1.55. The van der Waals surface area contributed by atoms with E-state index in [0.717, 1.165) is 5.56 Å². The first-order valence-electron chi connectivity index (χ1n) is 11.7. The molecule has 1 heterocycles. The molecule has 198 valence electrons. The quantitative estimate of drug-likeness (QED) is 0.229. The number of alkyl halides is 3. The summed E-state index contributed by atoms with van der Waals surface area (Å²) in [6.07, 6.45) is -3.24. The minimum atomic E-state index is -4.46. The van der Waals surface area contributed by atoms with Crippen LogP contribution in [0, 0.1) is 5.92 Å². The number of carboxylic acid groups (broad SMARTS) is 2. The first kappa shape index (κ1) is 28.2. The van der Waals surface area contributed by atoms with Crippen molar-refractivity contribution in [2.24, 2.45) is 5.92 Å². The molecule has 0 aliphatic rings. The number of halogens is 3. The van der Waals surface area contributed by atoms with Gasteiger partial charge in [-0.15, -0.1) is 11.3 Å². The zero-order chi connectivity index (χ0) is 27.0. The molecule has 0 saturated carbocycles. The normalized spacial score (nSPS) is 12.5. The van der Waals surface area contributed by atoms with E-state index in [1.165, 1.54) is 6.07 Å². The summed E-state index contributed by atoms with van der Waals surface area (Å²) in [4.78, 5) is 22.1. The fraction of sp³-hybridized carbons (Fsp3) is 0.333. The van der Waals surface area contributed by atoms with E-state index in [1.807, 2.05) is 19.1 Å². The topological polar surface area (TPSA) is 95.9 Å². The van der Waals surface area contributed by atoms with Gasteiger partial charge in [0.05, 0.1) is 0 Å². The van der Waals surface area contributed by atoms with Crippen LogP contribution in [0.5, 0.6) is 5.75 Å². The number of carboxylic acids is 2. The minimum Gasteiger partial charge on any atom is -0.488 e. The standard InChI is InChI=1S/C27H28F3NO5S/c1-2-19(14-23(25(32)33)26(34)35)31-13-12-17-8-10-20(11-9-17)36-16-21-15-22(18-6-4-3-5-7-18)24(37-21)27(28,29)30/h3-11,15,19,23,31H,2,12-14,16H2,1H3,(H,32,33)(H,34,35). The predicted molar refractivity (Wildman–Crippen MR) is 135 cm³/mol. The second kappa shape index (κ2) is 12.7. The van der Waals surface area contributed by atoms with Crippen LogP contribution >= 0.6 is 11.3 Å². The van der Waals surface area contributed by atoms with Crippen molar-refractivity contribution >= 4 is 23.3 Å². The number of benzene rings is 2. The molecule has 10 heteroatoms. The zero-order valence-corrected chi connectivity index (χ0v) is 20.9. The Morgan fingerprint density at radius 1 is 1.03 bits per heavy atom. The number of aliphatic carboxylic acids is 2. The first-order chi connectivity index (χ1) is 17.6. The lowest BCUT2D eigenvalue weighted by atomic mass is 9.98. The van der Waals surface area contributed by atoms with Crippen LogP contribution in [0.15, 0.2) is 60.7 Å². The lowest BCUT2D eigenvalue weighted by Crippen LogP contribution is -2.36. The number of hydrogen-bond acceptors (Lipinski definition) is 5. The highest BCUT2D eigenvalue weighted by Gasteiger charge is 2.36. The number of carbonyl (C=O) groups is 2. The molecule has 0 spiro atoms. The summed E-state index contributed by atoms with van der Waals surface area (Å²) in [6, 6.07) is 16.9. The van der Waals surface area contributed by atoms with Crippen LogP contribution in [0.2, 0.25) is 0 Å². The van der Waals surface area contributed by atoms with E-state index in [1.54, 1.807) is 42.5 Å². The van der Waals surface area contributed by atoms with E-state index in [4.69, 9.17) is 14.9 Å². The zero-order valence-electron chi connectivity index (χ0n) is 20.1. The summed E-state index contributed by atoms with van der Waals surface area (Å²) in [5.74, 6) is -3.63. The molecule has 0 radical (unpaired) electrons. The summed E-state index contributed by atoms with van der Waals surface area (Å²) in [6.45, 7) is 2.40. The summed E-state index contributed by atoms with van der Waals surface area (Å²) < 4.78 is 46.5. The molecule has 6 nitrogen and oxygen atoms in total. The SMILES string of the molecule is CCC(CC(C(=O)O)C(=O)O)NCCc1ccc(OCc2cc(-c3ccccc3)c(C(F)(F)F)s2)cc1. The summed E-state index contributed by atoms with van der Waals surface area (Å²) in [5.41, 5.74) is 1.62. The van der Waals surface area contributed by atoms with Crippen LogP contribution in [0.1, 0.15) is 35.1 Å². The second-order valence-corrected chi connectivity index (χ2v) is 9.66. The van der Waals surface area contributed by atoms with Crippen molar-refractivity contribution in [2.75, 3.05) is 6.54 Å². The van der Waals surface area contributed by atoms with Crippen LogP contribution in [0.4, 0.5) is 13.2 Å². The van der Waals surface area contributed by atoms with Gasteiger partial charge >= 0.3 is 18.1 Å². The molecule has 3 rings (SSSR count). The number of rotatable bonds is 13. The Morgan fingerprint density at radius 3 is 2.24 bits per heavy atom. The molecule has 0 aliphatic carbocycles. The molecule has 1 atom stereocenters. The van der Waals surface area contributed by atoms with E-state index < -0.39 is 28.9 Å². The van der Waals surface area contributed by atoms with Gasteiger partial charge in [0, 0.05) is 16.5 Å². The molecule has 3 aromatic rings. The van der Waals surface area contributed by atoms with E-state index in [-0.39, 0.29) is 24.6 Å². The lowest BCUT2D eigenvalue weighted by molar-refractivity contribution is -0.155. The molecule has 0 aliphatic heterocycles. The van der Waals surface area contributed by atoms with E-state index in [9.17, 15) is 22.8 Å². The van der Waals surface area contributed by atoms with Gasteiger partial charge in [-0.25, -0.2) is 0 Å². The summed E-state index contributed by atoms with van der Waals surface area (Å²) in [5, 5.41) is 21.3. The Morgan fingerprint density at radius 2 is 1.68 bits per heavy atom. The van der Waals surface area contributed by atoms with Gasteiger partial charge in [-0.05, 0) is 55.1 Å². The number of hydrogen-bond donors (Lipinski definition) is 3. The third kappa shape index (κ3) is 8.06. The van der Waals surface area contributed by atoms with Gasteiger partial charge in [-0.3, -0.25) is 9.59 Å². The van der Waals surface area contributed by atoms with Gasteiger partial charge in [-0.2, -0.15) is 13.2 Å². The minimum absolute atomic E-state index is 0.00129. The fourth-order valence-corrected chi connectivity index (χ4v) is 4.83. The van der Waals surface area contributed by atoms with Gasteiger partial charge in [-0.1, -0.05) is 49.4 Å². The van der Waals surface area contributed by atoms with Crippen molar-refractivity contribution in [1.82, 2.24) is 5.32 Å². The molecular weight excluding hydrogens is 507 g/mol. The Kier molecular flexibility index (Phi) is 9.71. The smallest absolute Gasteiger partial charge is 0.426 e. The molecule has 0 amide bonds. The maximum atomic E-state index is 13.6. The molecular formula is C27H28F3NO5S. The Labute approximate surface area is 216 Å². The predicted octanol–water partition coefficient (Wildman–Crippen LogP) is 6.10. The number of nitrogens with one attached hydrogen (secondary N) is 1. The molecule has 2 aromatic carbocycles. The van der Waals surface area contributed by atoms with E-state index in [2.05, 4.69) is 5.32 Å². The number of ether oxygens (including phenoxy) is 1. The largest absolute Gasteiger partial charge is 0.488 e. The maximum absolute atomic E-state index is 13.6. The molecule has 0 saturated heterocycles. The van der Waals surface area contributed by atoms with Crippen molar-refractivity contribution in [2.45, 2.75) is 45.0 Å². The summed E-state index contributed by atoms with van der Waals surface area (Å²) in [7, 11) is 0. The van der Waals surface area contributed by atoms with Gasteiger partial charge in [0.25, 0.3) is 0 Å². The van der Waals surface area contributed by atoms with Crippen LogP contribution < -0.4 is 10.1 Å². The van der Waals surface area contributed by atoms with Gasteiger partial charge in [0.2, 0.25) is 0 Å². The molecule has 0 bridgehead atoms. The van der Waals surface area contributed by atoms with Crippen LogP contribution in [0.3, 0.4) is 0 Å². The number of thiophene rings is 1. The average Bonchev–Trinajstić information content (AvgIpc) is 3.31. The molecule has 3 N–H and O–H groups in total. The van der Waals surface area contributed by atoms with Gasteiger partial charge in [0.1, 0.15) is 17.2 Å². The highest BCUT2D eigenvalue weighted by Crippen LogP contribution is 2.43. The Hall–Kier alpha value is -3.37. The molecule has 1 unspecified atom stereocenters. The van der Waals surface area contributed by atoms with Crippen molar-refractivity contribution < 1.29 is 37.7 Å². The Bertz CT molecular complexity index is 1170. The van der Waals surface area contributed by atoms with Crippen molar-refractivity contribution in [3.05, 3.63) is 76.0 Å². The molecule has 37 heavy (non-hydrogen) atoms. The van der Waals surface area contributed by atoms with Crippen molar-refractivity contribution in [3.63, 3.8) is 0 Å². The molecule has 1 aromatic heterocycles. The van der Waals surface area contributed by atoms with Crippen LogP contribution in [-0.2, 0) is 28.8 Å². The van der Waals surface area contributed by atoms with E-state index in [0.29, 0.717) is 46.9 Å². The van der Waals surface area contributed by atoms with Crippen LogP contribution in [-0.4, -0.2) is 34.7 Å². The van der Waals surface area contributed by atoms with E-state index >= 15 is 0 Å².